The number of rotatable bonds is 2. The second kappa shape index (κ2) is 5.13. The van der Waals surface area contributed by atoms with Gasteiger partial charge in [0.1, 0.15) is 0 Å². The summed E-state index contributed by atoms with van der Waals surface area (Å²) in [6.07, 6.45) is 0. The Hall–Kier alpha value is -2.68. The molecule has 3 aromatic rings. The monoisotopic (exact) mass is 263 g/mol. The lowest BCUT2D eigenvalue weighted by Crippen LogP contribution is -2.05. The molecule has 1 aromatic heterocycles. The minimum absolute atomic E-state index is 0.373. The van der Waals surface area contributed by atoms with Crippen LogP contribution >= 0.6 is 0 Å². The average molecular weight is 263 g/mol. The Bertz CT molecular complexity index is 766. The van der Waals surface area contributed by atoms with E-state index in [1.54, 1.807) is 0 Å². The Balaban J connectivity index is 2.30. The highest BCUT2D eigenvalue weighted by Crippen LogP contribution is 2.26. The number of carbonyl (C=O) groups excluding carboxylic acids is 1. The van der Waals surface area contributed by atoms with Crippen molar-refractivity contribution in [2.45, 2.75) is 0 Å². The molecule has 0 fully saturated rings. The second-order valence-electron chi connectivity index (χ2n) is 4.43. The van der Waals surface area contributed by atoms with Crippen molar-refractivity contribution >= 4 is 16.9 Å². The summed E-state index contributed by atoms with van der Waals surface area (Å²) in [5.41, 5.74) is 2.89. The third-order valence-electron chi connectivity index (χ3n) is 3.18. The number of methoxy groups -OCH3 is 1. The molecule has 0 bridgehead atoms. The summed E-state index contributed by atoms with van der Waals surface area (Å²) in [6, 6.07) is 19.2. The van der Waals surface area contributed by atoms with E-state index in [0.29, 0.717) is 11.3 Å². The van der Waals surface area contributed by atoms with Crippen LogP contribution in [-0.4, -0.2) is 18.1 Å². The molecule has 0 aliphatic heterocycles. The zero-order valence-electron chi connectivity index (χ0n) is 11.0. The molecular weight excluding hydrogens is 250 g/mol. The van der Waals surface area contributed by atoms with Gasteiger partial charge in [0.15, 0.2) is 0 Å². The summed E-state index contributed by atoms with van der Waals surface area (Å²) in [6.45, 7) is 0. The van der Waals surface area contributed by atoms with Crippen LogP contribution in [0.3, 0.4) is 0 Å². The SMILES string of the molecule is COC(=O)c1cc2ccccc2nc1-c1ccccc1. The number of aromatic nitrogens is 1. The standard InChI is InChI=1S/C17H13NO2/c1-20-17(19)14-11-13-9-5-6-10-15(13)18-16(14)12-7-3-2-4-8-12/h2-11H,1H3. The number of pyridine rings is 1. The number of esters is 1. The molecule has 2 aromatic carbocycles. The van der Waals surface area contributed by atoms with Gasteiger partial charge < -0.3 is 4.74 Å². The van der Waals surface area contributed by atoms with Crippen LogP contribution in [0.5, 0.6) is 0 Å². The molecule has 0 spiro atoms. The van der Waals surface area contributed by atoms with E-state index in [1.807, 2.05) is 60.7 Å². The lowest BCUT2D eigenvalue weighted by atomic mass is 10.0. The van der Waals surface area contributed by atoms with Crippen LogP contribution in [0, 0.1) is 0 Å². The Morgan fingerprint density at radius 1 is 1.00 bits per heavy atom. The molecule has 0 unspecified atom stereocenters. The fraction of sp³-hybridized carbons (Fsp3) is 0.0588. The molecule has 20 heavy (non-hydrogen) atoms. The van der Waals surface area contributed by atoms with Gasteiger partial charge in [-0.1, -0.05) is 48.5 Å². The smallest absolute Gasteiger partial charge is 0.340 e. The van der Waals surface area contributed by atoms with Gasteiger partial charge >= 0.3 is 5.97 Å². The van der Waals surface area contributed by atoms with E-state index in [9.17, 15) is 4.79 Å². The molecular formula is C17H13NO2. The average Bonchev–Trinajstić information content (AvgIpc) is 2.53. The van der Waals surface area contributed by atoms with Gasteiger partial charge in [0.05, 0.1) is 23.9 Å². The van der Waals surface area contributed by atoms with Crippen molar-refractivity contribution in [3.05, 3.63) is 66.2 Å². The van der Waals surface area contributed by atoms with Gasteiger partial charge in [-0.2, -0.15) is 0 Å². The van der Waals surface area contributed by atoms with Crippen LogP contribution in [0.25, 0.3) is 22.2 Å². The Morgan fingerprint density at radius 2 is 1.70 bits per heavy atom. The van der Waals surface area contributed by atoms with E-state index >= 15 is 0 Å². The molecule has 0 atom stereocenters. The predicted molar refractivity (Wildman–Crippen MR) is 78.5 cm³/mol. The van der Waals surface area contributed by atoms with E-state index < -0.39 is 0 Å². The summed E-state index contributed by atoms with van der Waals surface area (Å²) in [4.78, 5) is 16.6. The first-order valence-corrected chi connectivity index (χ1v) is 6.33. The molecule has 0 saturated carbocycles. The van der Waals surface area contributed by atoms with Gasteiger partial charge in [-0.05, 0) is 12.1 Å². The number of nitrogens with zero attached hydrogens (tertiary/aromatic N) is 1. The lowest BCUT2D eigenvalue weighted by molar-refractivity contribution is 0.0601. The number of hydrogen-bond acceptors (Lipinski definition) is 3. The fourth-order valence-corrected chi connectivity index (χ4v) is 2.20. The first kappa shape index (κ1) is 12.4. The predicted octanol–water partition coefficient (Wildman–Crippen LogP) is 3.69. The number of carbonyl (C=O) groups is 1. The molecule has 98 valence electrons. The second-order valence-corrected chi connectivity index (χ2v) is 4.43. The largest absolute Gasteiger partial charge is 0.465 e. The first-order chi connectivity index (χ1) is 9.79. The van der Waals surface area contributed by atoms with Crippen LogP contribution in [-0.2, 0) is 4.74 Å². The highest BCUT2D eigenvalue weighted by Gasteiger charge is 2.15. The maximum absolute atomic E-state index is 12.0. The topological polar surface area (TPSA) is 39.2 Å². The van der Waals surface area contributed by atoms with E-state index in [0.717, 1.165) is 16.5 Å². The number of hydrogen-bond donors (Lipinski definition) is 0. The normalized spacial score (nSPS) is 10.4. The zero-order valence-corrected chi connectivity index (χ0v) is 11.0. The summed E-state index contributed by atoms with van der Waals surface area (Å²) >= 11 is 0. The number of para-hydroxylation sites is 1. The van der Waals surface area contributed by atoms with Crippen LogP contribution in [0.4, 0.5) is 0 Å². The molecule has 0 N–H and O–H groups in total. The van der Waals surface area contributed by atoms with Crippen molar-refractivity contribution in [1.29, 1.82) is 0 Å². The molecule has 0 radical (unpaired) electrons. The summed E-state index contributed by atoms with van der Waals surface area (Å²) in [7, 11) is 1.38. The zero-order chi connectivity index (χ0) is 13.9. The molecule has 3 heteroatoms. The van der Waals surface area contributed by atoms with Crippen LogP contribution in [0.2, 0.25) is 0 Å². The highest BCUT2D eigenvalue weighted by molar-refractivity contribution is 6.00. The minimum Gasteiger partial charge on any atom is -0.465 e. The number of ether oxygens (including phenoxy) is 1. The number of benzene rings is 2. The Labute approximate surface area is 116 Å². The van der Waals surface area contributed by atoms with Gasteiger partial charge in [0.25, 0.3) is 0 Å². The summed E-state index contributed by atoms with van der Waals surface area (Å²) in [5.74, 6) is -0.373. The van der Waals surface area contributed by atoms with E-state index in [2.05, 4.69) is 4.98 Å². The van der Waals surface area contributed by atoms with Crippen molar-refractivity contribution in [2.24, 2.45) is 0 Å². The van der Waals surface area contributed by atoms with Crippen molar-refractivity contribution in [2.75, 3.05) is 7.11 Å². The molecule has 1 heterocycles. The third-order valence-corrected chi connectivity index (χ3v) is 3.18. The summed E-state index contributed by atoms with van der Waals surface area (Å²) in [5, 5.41) is 0.924. The van der Waals surface area contributed by atoms with Gasteiger partial charge in [0, 0.05) is 10.9 Å². The molecule has 0 aliphatic carbocycles. The maximum atomic E-state index is 12.0. The van der Waals surface area contributed by atoms with E-state index in [-0.39, 0.29) is 5.97 Å². The maximum Gasteiger partial charge on any atom is 0.340 e. The Morgan fingerprint density at radius 3 is 2.45 bits per heavy atom. The molecule has 0 aliphatic rings. The van der Waals surface area contributed by atoms with Gasteiger partial charge in [-0.25, -0.2) is 9.78 Å². The van der Waals surface area contributed by atoms with Crippen molar-refractivity contribution in [3.8, 4) is 11.3 Å². The molecule has 0 amide bonds. The summed E-state index contributed by atoms with van der Waals surface area (Å²) < 4.78 is 4.87. The van der Waals surface area contributed by atoms with E-state index in [1.165, 1.54) is 7.11 Å². The van der Waals surface area contributed by atoms with Crippen LogP contribution in [0.15, 0.2) is 60.7 Å². The van der Waals surface area contributed by atoms with Crippen molar-refractivity contribution in [1.82, 2.24) is 4.98 Å². The van der Waals surface area contributed by atoms with Crippen LogP contribution < -0.4 is 0 Å². The third kappa shape index (κ3) is 2.14. The number of fused-ring (bicyclic) bond motifs is 1. The fourth-order valence-electron chi connectivity index (χ4n) is 2.20. The van der Waals surface area contributed by atoms with Gasteiger partial charge in [-0.15, -0.1) is 0 Å². The first-order valence-electron chi connectivity index (χ1n) is 6.33. The lowest BCUT2D eigenvalue weighted by Gasteiger charge is -2.09. The van der Waals surface area contributed by atoms with Gasteiger partial charge in [0.2, 0.25) is 0 Å². The molecule has 3 nitrogen and oxygen atoms in total. The highest BCUT2D eigenvalue weighted by atomic mass is 16.5. The van der Waals surface area contributed by atoms with Crippen LogP contribution in [0.1, 0.15) is 10.4 Å². The quantitative estimate of drug-likeness (QED) is 0.662. The van der Waals surface area contributed by atoms with Gasteiger partial charge in [-0.3, -0.25) is 0 Å². The molecule has 3 rings (SSSR count). The van der Waals surface area contributed by atoms with Crippen molar-refractivity contribution < 1.29 is 9.53 Å². The molecule has 0 saturated heterocycles. The Kier molecular flexibility index (Phi) is 3.17. The van der Waals surface area contributed by atoms with E-state index in [4.69, 9.17) is 4.74 Å². The van der Waals surface area contributed by atoms with Crippen molar-refractivity contribution in [3.63, 3.8) is 0 Å². The minimum atomic E-state index is -0.373.